The minimum absolute atomic E-state index is 0.0451. The van der Waals surface area contributed by atoms with Gasteiger partial charge in [0.2, 0.25) is 10.0 Å². The first kappa shape index (κ1) is 19.4. The van der Waals surface area contributed by atoms with Gasteiger partial charge in [0.1, 0.15) is 10.6 Å². The molecule has 0 aromatic heterocycles. The summed E-state index contributed by atoms with van der Waals surface area (Å²) < 4.78 is 33.0. The molecule has 0 spiro atoms. The van der Waals surface area contributed by atoms with Gasteiger partial charge in [-0.05, 0) is 56.5 Å². The summed E-state index contributed by atoms with van der Waals surface area (Å²) in [4.78, 5) is 12.7. The van der Waals surface area contributed by atoms with Crippen molar-refractivity contribution in [1.82, 2.24) is 4.31 Å². The maximum atomic E-state index is 13.0. The van der Waals surface area contributed by atoms with Crippen LogP contribution in [0.25, 0.3) is 0 Å². The second-order valence-electron chi connectivity index (χ2n) is 6.47. The van der Waals surface area contributed by atoms with Gasteiger partial charge in [-0.2, -0.15) is 4.31 Å². The summed E-state index contributed by atoms with van der Waals surface area (Å²) in [5, 5.41) is 2.84. The summed E-state index contributed by atoms with van der Waals surface area (Å²) >= 11 is 0. The van der Waals surface area contributed by atoms with Crippen LogP contribution in [0.15, 0.2) is 47.4 Å². The quantitative estimate of drug-likeness (QED) is 0.823. The van der Waals surface area contributed by atoms with E-state index >= 15 is 0 Å². The third-order valence-electron chi connectivity index (χ3n) is 4.58. The normalized spacial score (nSPS) is 14.9. The third-order valence-corrected chi connectivity index (χ3v) is 6.50. The summed E-state index contributed by atoms with van der Waals surface area (Å²) in [6.07, 6.45) is 1.69. The van der Waals surface area contributed by atoms with E-state index in [0.29, 0.717) is 25.4 Å². The Hall–Kier alpha value is -2.38. The van der Waals surface area contributed by atoms with Crippen molar-refractivity contribution in [3.05, 3.63) is 53.6 Å². The molecule has 2 aromatic carbocycles. The Labute approximate surface area is 160 Å². The number of carbonyl (C=O) groups is 1. The smallest absolute Gasteiger partial charge is 0.255 e. The average molecular weight is 388 g/mol. The Morgan fingerprint density at radius 2 is 1.85 bits per heavy atom. The summed E-state index contributed by atoms with van der Waals surface area (Å²) in [5.41, 5.74) is 1.90. The Kier molecular flexibility index (Phi) is 5.82. The lowest BCUT2D eigenvalue weighted by atomic mass is 10.1. The molecule has 27 heavy (non-hydrogen) atoms. The molecule has 144 valence electrons. The van der Waals surface area contributed by atoms with E-state index in [4.69, 9.17) is 4.74 Å². The molecule has 0 unspecified atom stereocenters. The van der Waals surface area contributed by atoms with Gasteiger partial charge in [-0.25, -0.2) is 8.42 Å². The number of benzene rings is 2. The van der Waals surface area contributed by atoms with Gasteiger partial charge in [-0.15, -0.1) is 0 Å². The number of carbonyl (C=O) groups excluding carboxylic acids is 1. The van der Waals surface area contributed by atoms with E-state index in [2.05, 4.69) is 5.32 Å². The van der Waals surface area contributed by atoms with Gasteiger partial charge in [-0.1, -0.05) is 18.2 Å². The van der Waals surface area contributed by atoms with Gasteiger partial charge >= 0.3 is 0 Å². The Balaban J connectivity index is 1.95. The van der Waals surface area contributed by atoms with Crippen molar-refractivity contribution in [1.29, 1.82) is 0 Å². The number of para-hydroxylation sites is 1. The number of anilines is 1. The standard InChI is InChI=1S/C20H24N2O4S/c1-3-26-18-11-10-16(20(23)21-17-9-5-4-8-15(17)2)14-19(18)27(24,25)22-12-6-7-13-22/h4-5,8-11,14H,3,6-7,12-13H2,1-2H3,(H,21,23). The first-order valence-corrected chi connectivity index (χ1v) is 10.5. The highest BCUT2D eigenvalue weighted by atomic mass is 32.2. The van der Waals surface area contributed by atoms with Crippen LogP contribution in [0.1, 0.15) is 35.7 Å². The molecule has 0 bridgehead atoms. The molecule has 0 saturated carbocycles. The number of rotatable bonds is 6. The van der Waals surface area contributed by atoms with E-state index in [9.17, 15) is 13.2 Å². The molecule has 0 aliphatic carbocycles. The highest BCUT2D eigenvalue weighted by molar-refractivity contribution is 7.89. The van der Waals surface area contributed by atoms with E-state index in [-0.39, 0.29) is 22.1 Å². The van der Waals surface area contributed by atoms with Crippen molar-refractivity contribution in [2.24, 2.45) is 0 Å². The minimum Gasteiger partial charge on any atom is -0.492 e. The molecule has 1 fully saturated rings. The molecular formula is C20H24N2O4S. The second kappa shape index (κ2) is 8.10. The van der Waals surface area contributed by atoms with Crippen molar-refractivity contribution in [3.63, 3.8) is 0 Å². The summed E-state index contributed by atoms with van der Waals surface area (Å²) in [7, 11) is -3.70. The molecule has 1 aliphatic rings. The third kappa shape index (κ3) is 4.14. The van der Waals surface area contributed by atoms with Gasteiger partial charge in [0.25, 0.3) is 5.91 Å². The van der Waals surface area contributed by atoms with Gasteiger partial charge in [0.05, 0.1) is 6.61 Å². The average Bonchev–Trinajstić information content (AvgIpc) is 3.19. The van der Waals surface area contributed by atoms with Crippen LogP contribution in [-0.2, 0) is 10.0 Å². The molecule has 0 radical (unpaired) electrons. The molecule has 3 rings (SSSR count). The number of sulfonamides is 1. The van der Waals surface area contributed by atoms with Crippen LogP contribution in [0, 0.1) is 6.92 Å². The molecule has 1 aliphatic heterocycles. The summed E-state index contributed by atoms with van der Waals surface area (Å²) in [6.45, 7) is 5.03. The minimum atomic E-state index is -3.70. The first-order chi connectivity index (χ1) is 12.9. The maximum Gasteiger partial charge on any atom is 0.255 e. The van der Waals surface area contributed by atoms with Crippen LogP contribution < -0.4 is 10.1 Å². The van der Waals surface area contributed by atoms with E-state index < -0.39 is 10.0 Å². The number of nitrogens with one attached hydrogen (secondary N) is 1. The molecule has 0 atom stereocenters. The van der Waals surface area contributed by atoms with Crippen LogP contribution in [0.3, 0.4) is 0 Å². The van der Waals surface area contributed by atoms with Crippen LogP contribution in [0.2, 0.25) is 0 Å². The highest BCUT2D eigenvalue weighted by Gasteiger charge is 2.30. The molecule has 1 N–H and O–H groups in total. The monoisotopic (exact) mass is 388 g/mol. The Morgan fingerprint density at radius 3 is 2.52 bits per heavy atom. The molecule has 2 aromatic rings. The fraction of sp³-hybridized carbons (Fsp3) is 0.350. The lowest BCUT2D eigenvalue weighted by Gasteiger charge is -2.19. The predicted octanol–water partition coefficient (Wildman–Crippen LogP) is 3.43. The van der Waals surface area contributed by atoms with Crippen molar-refractivity contribution >= 4 is 21.6 Å². The van der Waals surface area contributed by atoms with Gasteiger partial charge in [0, 0.05) is 24.3 Å². The molecule has 1 heterocycles. The van der Waals surface area contributed by atoms with Crippen molar-refractivity contribution < 1.29 is 17.9 Å². The number of aryl methyl sites for hydroxylation is 1. The number of ether oxygens (including phenoxy) is 1. The van der Waals surface area contributed by atoms with Crippen LogP contribution >= 0.6 is 0 Å². The predicted molar refractivity (Wildman–Crippen MR) is 105 cm³/mol. The number of hydrogen-bond acceptors (Lipinski definition) is 4. The van der Waals surface area contributed by atoms with E-state index in [1.807, 2.05) is 31.2 Å². The number of amides is 1. The van der Waals surface area contributed by atoms with Gasteiger partial charge in [-0.3, -0.25) is 4.79 Å². The van der Waals surface area contributed by atoms with Gasteiger partial charge < -0.3 is 10.1 Å². The molecule has 7 heteroatoms. The molecular weight excluding hydrogens is 364 g/mol. The lowest BCUT2D eigenvalue weighted by Crippen LogP contribution is -2.28. The Morgan fingerprint density at radius 1 is 1.15 bits per heavy atom. The lowest BCUT2D eigenvalue weighted by molar-refractivity contribution is 0.102. The molecule has 6 nitrogen and oxygen atoms in total. The van der Waals surface area contributed by atoms with Gasteiger partial charge in [0.15, 0.2) is 0 Å². The molecule has 1 amide bonds. The second-order valence-corrected chi connectivity index (χ2v) is 8.38. The molecule has 1 saturated heterocycles. The van der Waals surface area contributed by atoms with Crippen molar-refractivity contribution in [2.45, 2.75) is 31.6 Å². The highest BCUT2D eigenvalue weighted by Crippen LogP contribution is 2.30. The van der Waals surface area contributed by atoms with Crippen LogP contribution in [0.4, 0.5) is 5.69 Å². The van der Waals surface area contributed by atoms with E-state index in [1.54, 1.807) is 19.1 Å². The number of nitrogens with zero attached hydrogens (tertiary/aromatic N) is 1. The fourth-order valence-corrected chi connectivity index (χ4v) is 4.78. The summed E-state index contributed by atoms with van der Waals surface area (Å²) in [6, 6.07) is 12.0. The zero-order valence-corrected chi connectivity index (χ0v) is 16.4. The van der Waals surface area contributed by atoms with Crippen molar-refractivity contribution in [3.8, 4) is 5.75 Å². The van der Waals surface area contributed by atoms with E-state index in [0.717, 1.165) is 18.4 Å². The SMILES string of the molecule is CCOc1ccc(C(=O)Nc2ccccc2C)cc1S(=O)(=O)N1CCCC1. The summed E-state index contributed by atoms with van der Waals surface area (Å²) in [5.74, 6) is -0.0814. The zero-order valence-electron chi connectivity index (χ0n) is 15.6. The zero-order chi connectivity index (χ0) is 19.4. The number of hydrogen-bond donors (Lipinski definition) is 1. The maximum absolute atomic E-state index is 13.0. The van der Waals surface area contributed by atoms with E-state index in [1.165, 1.54) is 10.4 Å². The Bertz CT molecular complexity index is 935. The van der Waals surface area contributed by atoms with Crippen LogP contribution in [0.5, 0.6) is 5.75 Å². The largest absolute Gasteiger partial charge is 0.492 e. The topological polar surface area (TPSA) is 75.7 Å². The van der Waals surface area contributed by atoms with Crippen molar-refractivity contribution in [2.75, 3.05) is 25.0 Å². The fourth-order valence-electron chi connectivity index (χ4n) is 3.10. The first-order valence-electron chi connectivity index (χ1n) is 9.07. The van der Waals surface area contributed by atoms with Crippen LogP contribution in [-0.4, -0.2) is 38.3 Å².